The van der Waals surface area contributed by atoms with Crippen molar-refractivity contribution < 1.29 is 47.4 Å². The van der Waals surface area contributed by atoms with Gasteiger partial charge in [-0.1, -0.05) is 51.5 Å². The molecule has 28 heavy (non-hydrogen) atoms. The quantitative estimate of drug-likeness (QED) is 0.603. The van der Waals surface area contributed by atoms with Crippen LogP contribution in [0.15, 0.2) is 23.8 Å². The van der Waals surface area contributed by atoms with Gasteiger partial charge in [0.15, 0.2) is 0 Å². The third-order valence-corrected chi connectivity index (χ3v) is 9.67. The number of aliphatic hydroxyl groups is 1. The van der Waals surface area contributed by atoms with E-state index in [-0.39, 0.29) is 72.4 Å². The van der Waals surface area contributed by atoms with Crippen molar-refractivity contribution in [3.05, 3.63) is 37.1 Å². The number of Topliss-reactive ketones (excluding diaryl/α,β-unsaturated/α-hetero) is 1. The Morgan fingerprint density at radius 3 is 2.54 bits per heavy atom. The number of hydrogen-bond donors (Lipinski definition) is 1. The fourth-order valence-corrected chi connectivity index (χ4v) is 7.56. The zero-order valence-corrected chi connectivity index (χ0v) is 20.6. The monoisotopic (exact) mass is 457 g/mol. The van der Waals surface area contributed by atoms with Gasteiger partial charge < -0.3 is 21.6 Å². The van der Waals surface area contributed by atoms with E-state index in [9.17, 15) is 14.7 Å². The van der Waals surface area contributed by atoms with Crippen LogP contribution in [0.2, 0.25) is 0 Å². The van der Waals surface area contributed by atoms with E-state index in [0.29, 0.717) is 12.3 Å². The van der Waals surface area contributed by atoms with Crippen molar-refractivity contribution in [1.82, 2.24) is 0 Å². The van der Waals surface area contributed by atoms with Gasteiger partial charge in [-0.3, -0.25) is 0 Å². The third-order valence-electron chi connectivity index (χ3n) is 9.67. The van der Waals surface area contributed by atoms with E-state index < -0.39 is 11.5 Å². The van der Waals surface area contributed by atoms with Gasteiger partial charge >= 0.3 is 0 Å². The van der Waals surface area contributed by atoms with Crippen LogP contribution in [-0.2, 0) is 42.3 Å². The summed E-state index contributed by atoms with van der Waals surface area (Å²) in [5, 5.41) is 11.5. The smallest absolute Gasteiger partial charge is 0.106 e. The van der Waals surface area contributed by atoms with Crippen LogP contribution in [0, 0.1) is 52.8 Å². The molecule has 0 saturated heterocycles. The predicted molar refractivity (Wildman–Crippen MR) is 105 cm³/mol. The summed E-state index contributed by atoms with van der Waals surface area (Å²) >= 11 is 0. The van der Waals surface area contributed by atoms with E-state index in [1.165, 1.54) is 0 Å². The molecule has 0 heterocycles. The molecule has 4 aliphatic rings. The molecule has 0 aromatic carbocycles. The van der Waals surface area contributed by atoms with Gasteiger partial charge in [-0.05, 0) is 48.5 Å². The standard InChI is InChI=1S/C24H32O3.Y/c1-14-11-19-18-8-7-16-12-17(26)9-10-21(16,3)24(18,6)20(27)13-22(19,4)23(14,5)15(2)25;/h7,9-10,12,14,18-20,27H,5,8,11,13H2,1-4,6H3;/q-2;/t14?,18?,19?,20-,21?,22?,23+,24+;/m0./s1. The zero-order valence-electron chi connectivity index (χ0n) is 17.8. The molecule has 0 aromatic rings. The van der Waals surface area contributed by atoms with E-state index >= 15 is 0 Å². The number of aliphatic hydroxyl groups excluding tert-OH is 1. The van der Waals surface area contributed by atoms with Crippen molar-refractivity contribution in [1.29, 1.82) is 0 Å². The molecule has 4 rings (SSSR count). The van der Waals surface area contributed by atoms with Crippen LogP contribution in [-0.4, -0.2) is 22.8 Å². The Bertz CT molecular complexity index is 785. The first-order chi connectivity index (χ1) is 12.4. The van der Waals surface area contributed by atoms with Crippen LogP contribution in [0.5, 0.6) is 0 Å². The largest absolute Gasteiger partial charge is 0.392 e. The minimum absolute atomic E-state index is 0. The zero-order chi connectivity index (χ0) is 20.0. The molecule has 151 valence electrons. The van der Waals surface area contributed by atoms with Gasteiger partial charge in [0.2, 0.25) is 0 Å². The van der Waals surface area contributed by atoms with Crippen molar-refractivity contribution >= 4 is 11.6 Å². The van der Waals surface area contributed by atoms with Gasteiger partial charge in [-0.2, -0.15) is 11.6 Å². The molecule has 8 atom stereocenters. The molecule has 0 spiro atoms. The summed E-state index contributed by atoms with van der Waals surface area (Å²) in [5.74, 6) is 0.969. The van der Waals surface area contributed by atoms with Gasteiger partial charge in [-0.25, -0.2) is 6.42 Å². The van der Waals surface area contributed by atoms with Crippen molar-refractivity contribution in [2.24, 2.45) is 39.4 Å². The first-order valence-corrected chi connectivity index (χ1v) is 10.3. The first-order valence-electron chi connectivity index (χ1n) is 10.3. The molecule has 3 fully saturated rings. The number of fused-ring (bicyclic) bond motifs is 5. The molecule has 0 aromatic heterocycles. The van der Waals surface area contributed by atoms with E-state index in [4.69, 9.17) is 0 Å². The number of rotatable bonds is 1. The molecular formula is C24H32O3Y-2. The molecule has 1 N–H and O–H groups in total. The summed E-state index contributed by atoms with van der Waals surface area (Å²) in [6.07, 6.45) is 9.46. The SMILES string of the molecule is [CH2-][C@]1(C(C)=O)C(C)CC2C3C[CH-]C4=CC(=O)C=CC4(C)[C@@]3(C)[C@@H](O)CC21C.[Y]. The molecule has 0 bridgehead atoms. The molecule has 1 radical (unpaired) electrons. The maximum absolute atomic E-state index is 12.7. The fraction of sp³-hybridized carbons (Fsp3) is 0.667. The van der Waals surface area contributed by atoms with Crippen molar-refractivity contribution in [2.45, 2.75) is 60.0 Å². The van der Waals surface area contributed by atoms with Gasteiger partial charge in [0, 0.05) is 38.1 Å². The van der Waals surface area contributed by atoms with Gasteiger partial charge in [-0.15, -0.1) is 0 Å². The van der Waals surface area contributed by atoms with Crippen LogP contribution in [0.25, 0.3) is 0 Å². The summed E-state index contributed by atoms with van der Waals surface area (Å²) in [4.78, 5) is 24.7. The van der Waals surface area contributed by atoms with E-state index in [1.807, 2.05) is 6.08 Å². The average Bonchev–Trinajstić information content (AvgIpc) is 2.79. The van der Waals surface area contributed by atoms with Crippen molar-refractivity contribution in [3.8, 4) is 0 Å². The van der Waals surface area contributed by atoms with E-state index in [2.05, 4.69) is 41.0 Å². The number of carbonyl (C=O) groups excluding carboxylic acids is 2. The second kappa shape index (κ2) is 6.63. The van der Waals surface area contributed by atoms with E-state index in [0.717, 1.165) is 18.4 Å². The molecule has 0 amide bonds. The average molecular weight is 457 g/mol. The van der Waals surface area contributed by atoms with Crippen molar-refractivity contribution in [3.63, 3.8) is 0 Å². The Hall–Kier alpha value is -0.246. The Balaban J connectivity index is 0.00000225. The Morgan fingerprint density at radius 2 is 1.93 bits per heavy atom. The van der Waals surface area contributed by atoms with E-state index in [1.54, 1.807) is 19.1 Å². The fourth-order valence-electron chi connectivity index (χ4n) is 7.56. The summed E-state index contributed by atoms with van der Waals surface area (Å²) in [6.45, 7) is 14.8. The normalized spacial score (nSPS) is 51.8. The van der Waals surface area contributed by atoms with Crippen LogP contribution >= 0.6 is 0 Å². The number of carbonyl (C=O) groups is 2. The molecule has 3 saturated carbocycles. The number of ketones is 2. The van der Waals surface area contributed by atoms with Gasteiger partial charge in [0.1, 0.15) is 5.78 Å². The molecule has 3 nitrogen and oxygen atoms in total. The minimum atomic E-state index is -0.643. The maximum Gasteiger partial charge on any atom is 0.106 e. The van der Waals surface area contributed by atoms with Crippen LogP contribution in [0.1, 0.15) is 53.9 Å². The number of hydrogen-bond acceptors (Lipinski definition) is 3. The van der Waals surface area contributed by atoms with Crippen molar-refractivity contribution in [2.75, 3.05) is 0 Å². The third kappa shape index (κ3) is 2.36. The summed E-state index contributed by atoms with van der Waals surface area (Å²) in [6, 6.07) is 0. The second-order valence-corrected chi connectivity index (χ2v) is 10.3. The topological polar surface area (TPSA) is 54.4 Å². The summed E-state index contributed by atoms with van der Waals surface area (Å²) in [7, 11) is 0. The van der Waals surface area contributed by atoms with Gasteiger partial charge in [0.05, 0.1) is 11.9 Å². The van der Waals surface area contributed by atoms with Crippen LogP contribution < -0.4 is 0 Å². The Morgan fingerprint density at radius 1 is 1.29 bits per heavy atom. The van der Waals surface area contributed by atoms with Gasteiger partial charge in [0.25, 0.3) is 0 Å². The maximum atomic E-state index is 12.7. The van der Waals surface area contributed by atoms with Crippen LogP contribution in [0.4, 0.5) is 0 Å². The first kappa shape index (κ1) is 22.4. The Kier molecular flexibility index (Phi) is 5.31. The number of allylic oxidation sites excluding steroid dienone is 4. The second-order valence-electron chi connectivity index (χ2n) is 10.3. The summed E-state index contributed by atoms with van der Waals surface area (Å²) in [5.41, 5.74) is -0.640. The molecular weight excluding hydrogens is 425 g/mol. The predicted octanol–water partition coefficient (Wildman–Crippen LogP) is 4.12. The molecule has 4 heteroatoms. The minimum Gasteiger partial charge on any atom is -0.392 e. The van der Waals surface area contributed by atoms with Crippen LogP contribution in [0.3, 0.4) is 0 Å². The molecule has 5 unspecified atom stereocenters. The molecule has 0 aliphatic heterocycles. The Labute approximate surface area is 194 Å². The molecule has 4 aliphatic carbocycles. The summed E-state index contributed by atoms with van der Waals surface area (Å²) < 4.78 is 0.